The Bertz CT molecular complexity index is 1710. The number of piperidine rings is 1. The fraction of sp³-hybridized carbons (Fsp3) is 0.536. The molecule has 5 atom stereocenters. The van der Waals surface area contributed by atoms with Gasteiger partial charge in [0.2, 0.25) is 15.9 Å². The molecule has 0 spiro atoms. The molecule has 42 heavy (non-hydrogen) atoms. The standard InChI is InChI=1S/C28H31FN4O6S3/c1-41(36,37)30-11-19-13-40-27-25(19)42(38,39)32-26(31-27)22-24(34)21-17-7-15-6-16(8-17)10-18(9-15)23(21)33(28(22)35)12-14-2-4-20(29)5-3-14/h2-5,13,15-18,21-23,30H,6-12H2,1H3,(H,31,32)/t15?,16?,17?,18?,21-,22?,23+/m1/s1. The van der Waals surface area contributed by atoms with Crippen LogP contribution in [0.1, 0.15) is 43.2 Å². The average Bonchev–Trinajstić information content (AvgIpc) is 3.24. The molecule has 3 heterocycles. The van der Waals surface area contributed by atoms with E-state index in [0.717, 1.165) is 55.3 Å². The van der Waals surface area contributed by atoms with Crippen molar-refractivity contribution in [2.45, 2.75) is 56.1 Å². The molecule has 2 aromatic rings. The fourth-order valence-electron chi connectivity index (χ4n) is 8.32. The Kier molecular flexibility index (Phi) is 6.65. The highest BCUT2D eigenvalue weighted by atomic mass is 32.2. The van der Waals surface area contributed by atoms with Crippen LogP contribution in [0.3, 0.4) is 0 Å². The maximum atomic E-state index is 14.4. The van der Waals surface area contributed by atoms with Gasteiger partial charge in [0.15, 0.2) is 11.7 Å². The summed E-state index contributed by atoms with van der Waals surface area (Å²) in [4.78, 5) is 30.3. The lowest BCUT2D eigenvalue weighted by Crippen LogP contribution is -2.62. The molecule has 3 unspecified atom stereocenters. The van der Waals surface area contributed by atoms with E-state index in [4.69, 9.17) is 0 Å². The second-order valence-electron chi connectivity index (χ2n) is 12.5. The van der Waals surface area contributed by atoms with Crippen molar-refractivity contribution in [3.05, 3.63) is 46.6 Å². The second-order valence-corrected chi connectivity index (χ2v) is 16.7. The topological polar surface area (TPSA) is 142 Å². The summed E-state index contributed by atoms with van der Waals surface area (Å²) in [5.41, 5.74) is 0.960. The van der Waals surface area contributed by atoms with Crippen LogP contribution in [0.4, 0.5) is 9.39 Å². The number of rotatable bonds is 6. The van der Waals surface area contributed by atoms with Crippen molar-refractivity contribution in [2.75, 3.05) is 11.6 Å². The van der Waals surface area contributed by atoms with Gasteiger partial charge in [-0.2, -0.15) is 8.42 Å². The van der Waals surface area contributed by atoms with Crippen molar-refractivity contribution < 1.29 is 30.8 Å². The minimum atomic E-state index is -4.34. The fourth-order valence-corrected chi connectivity index (χ4v) is 11.4. The molecule has 1 saturated heterocycles. The number of benzene rings is 1. The first-order chi connectivity index (χ1) is 19.9. The first-order valence-corrected chi connectivity index (χ1v) is 18.3. The maximum absolute atomic E-state index is 14.4. The Morgan fingerprint density at radius 3 is 2.40 bits per heavy atom. The molecule has 0 radical (unpaired) electrons. The van der Waals surface area contributed by atoms with Crippen LogP contribution in [0.15, 0.2) is 38.9 Å². The van der Waals surface area contributed by atoms with Crippen LogP contribution < -0.4 is 10.0 Å². The molecular weight excluding hydrogens is 604 g/mol. The number of amides is 1. The van der Waals surface area contributed by atoms with Gasteiger partial charge >= 0.3 is 0 Å². The van der Waals surface area contributed by atoms with E-state index in [1.54, 1.807) is 17.0 Å². The number of carbonyl (C=O) groups is 2. The van der Waals surface area contributed by atoms with Gasteiger partial charge in [-0.15, -0.1) is 15.7 Å². The number of sulfonamides is 2. The Morgan fingerprint density at radius 2 is 1.74 bits per heavy atom. The van der Waals surface area contributed by atoms with Gasteiger partial charge < -0.3 is 10.2 Å². The van der Waals surface area contributed by atoms with Gasteiger partial charge in [0.05, 0.1) is 6.26 Å². The summed E-state index contributed by atoms with van der Waals surface area (Å²) in [7, 11) is -7.92. The molecule has 2 N–H and O–H groups in total. The monoisotopic (exact) mass is 634 g/mol. The SMILES string of the molecule is CS(=O)(=O)NCc1csc2c1S(=O)(=O)N=C(C1C(=O)[C@@H]3C4CC5CC(C4)CC(C5)[C@@H]3N(Cc3ccc(F)cc3)C1=O)N2. The van der Waals surface area contributed by atoms with Crippen molar-refractivity contribution >= 4 is 53.9 Å². The van der Waals surface area contributed by atoms with Crippen LogP contribution in [0.25, 0.3) is 0 Å². The van der Waals surface area contributed by atoms with Crippen molar-refractivity contribution in [1.29, 1.82) is 0 Å². The van der Waals surface area contributed by atoms with Crippen LogP contribution >= 0.6 is 11.3 Å². The zero-order chi connectivity index (χ0) is 29.6. The van der Waals surface area contributed by atoms with Crippen molar-refractivity contribution in [2.24, 2.45) is 39.9 Å². The van der Waals surface area contributed by atoms with E-state index in [1.165, 1.54) is 17.5 Å². The van der Waals surface area contributed by atoms with Gasteiger partial charge in [-0.1, -0.05) is 12.1 Å². The molecule has 6 aliphatic rings. The third-order valence-electron chi connectivity index (χ3n) is 9.67. The normalized spacial score (nSPS) is 33.0. The zero-order valence-electron chi connectivity index (χ0n) is 22.8. The average molecular weight is 635 g/mol. The number of nitrogens with one attached hydrogen (secondary N) is 2. The molecule has 224 valence electrons. The van der Waals surface area contributed by atoms with E-state index in [1.807, 2.05) is 0 Å². The van der Waals surface area contributed by atoms with Crippen LogP contribution in [0.5, 0.6) is 0 Å². The van der Waals surface area contributed by atoms with Gasteiger partial charge in [0, 0.05) is 30.6 Å². The third-order valence-corrected chi connectivity index (χ3v) is 12.8. The lowest BCUT2D eigenvalue weighted by atomic mass is 9.66. The van der Waals surface area contributed by atoms with Crippen LogP contribution in [-0.2, 0) is 42.7 Å². The highest BCUT2D eigenvalue weighted by molar-refractivity contribution is 7.91. The number of ketones is 1. The van der Waals surface area contributed by atoms with Gasteiger partial charge in [-0.3, -0.25) is 9.59 Å². The van der Waals surface area contributed by atoms with Crippen LogP contribution in [0.2, 0.25) is 0 Å². The second kappa shape index (κ2) is 9.93. The van der Waals surface area contributed by atoms with Crippen molar-refractivity contribution in [3.63, 3.8) is 0 Å². The summed E-state index contributed by atoms with van der Waals surface area (Å²) >= 11 is 1.05. The van der Waals surface area contributed by atoms with E-state index in [2.05, 4.69) is 14.4 Å². The van der Waals surface area contributed by atoms with Gasteiger partial charge in [-0.25, -0.2) is 17.5 Å². The molecule has 14 heteroatoms. The number of halogens is 1. The number of likely N-dealkylation sites (tertiary alicyclic amines) is 1. The number of amidine groups is 1. The predicted octanol–water partition coefficient (Wildman–Crippen LogP) is 3.12. The summed E-state index contributed by atoms with van der Waals surface area (Å²) in [6.07, 6.45) is 5.92. The number of thiophene rings is 1. The van der Waals surface area contributed by atoms with Gasteiger partial charge in [-0.05, 0) is 78.9 Å². The summed E-state index contributed by atoms with van der Waals surface area (Å²) < 4.78 is 70.1. The van der Waals surface area contributed by atoms with E-state index in [-0.39, 0.29) is 63.9 Å². The van der Waals surface area contributed by atoms with Crippen molar-refractivity contribution in [1.82, 2.24) is 9.62 Å². The molecular formula is C28H31FN4O6S3. The third kappa shape index (κ3) is 4.80. The zero-order valence-corrected chi connectivity index (χ0v) is 25.3. The quantitative estimate of drug-likeness (QED) is 0.465. The van der Waals surface area contributed by atoms with E-state index < -0.39 is 37.8 Å². The molecule has 1 amide bonds. The lowest BCUT2D eigenvalue weighted by Gasteiger charge is -2.47. The number of fused-ring (bicyclic) bond motifs is 1. The molecule has 5 fully saturated rings. The van der Waals surface area contributed by atoms with Crippen LogP contribution in [0, 0.1) is 41.3 Å². The first kappa shape index (κ1) is 28.1. The molecule has 4 aliphatic carbocycles. The van der Waals surface area contributed by atoms with E-state index >= 15 is 0 Å². The smallest absolute Gasteiger partial charge is 0.287 e. The summed E-state index contributed by atoms with van der Waals surface area (Å²) in [5, 5.41) is 4.69. The van der Waals surface area contributed by atoms with E-state index in [9.17, 15) is 30.8 Å². The summed E-state index contributed by atoms with van der Waals surface area (Å²) in [6.45, 7) is -0.0491. The molecule has 4 saturated carbocycles. The summed E-state index contributed by atoms with van der Waals surface area (Å²) in [6, 6.07) is 5.66. The predicted molar refractivity (Wildman–Crippen MR) is 154 cm³/mol. The Labute approximate surface area is 247 Å². The van der Waals surface area contributed by atoms with E-state index in [0.29, 0.717) is 11.8 Å². The Balaban J connectivity index is 1.28. The minimum Gasteiger partial charge on any atom is -0.333 e. The number of hydrogen-bond donors (Lipinski definition) is 2. The van der Waals surface area contributed by atoms with Crippen LogP contribution in [-0.4, -0.2) is 51.6 Å². The minimum absolute atomic E-state index is 0.108. The molecule has 10 nitrogen and oxygen atoms in total. The number of Topliss-reactive ketones (excluding diaryl/α,β-unsaturated/α-hetero) is 1. The Morgan fingerprint density at radius 1 is 1.07 bits per heavy atom. The Hall–Kier alpha value is -2.68. The lowest BCUT2D eigenvalue weighted by molar-refractivity contribution is -0.154. The largest absolute Gasteiger partial charge is 0.333 e. The van der Waals surface area contributed by atoms with Gasteiger partial charge in [0.25, 0.3) is 10.0 Å². The number of carbonyl (C=O) groups excluding carboxylic acids is 2. The van der Waals surface area contributed by atoms with Crippen molar-refractivity contribution in [3.8, 4) is 0 Å². The molecule has 1 aromatic carbocycles. The maximum Gasteiger partial charge on any atom is 0.287 e. The first-order valence-electron chi connectivity index (χ1n) is 14.1. The molecule has 2 aliphatic heterocycles. The molecule has 4 bridgehead atoms. The highest BCUT2D eigenvalue weighted by Crippen LogP contribution is 2.56. The summed E-state index contributed by atoms with van der Waals surface area (Å²) in [5.74, 6) is -1.89. The molecule has 1 aromatic heterocycles. The molecule has 8 rings (SSSR count). The number of anilines is 1. The highest BCUT2D eigenvalue weighted by Gasteiger charge is 2.59. The number of hydrogen-bond acceptors (Lipinski definition) is 8. The van der Waals surface area contributed by atoms with Gasteiger partial charge in [0.1, 0.15) is 21.5 Å². The number of nitrogens with zero attached hydrogens (tertiary/aromatic N) is 2.